The van der Waals surface area contributed by atoms with Gasteiger partial charge in [-0.05, 0) is 65.6 Å². The molecule has 6 heteroatoms. The van der Waals surface area contributed by atoms with Gasteiger partial charge in [-0.25, -0.2) is 0 Å². The minimum absolute atomic E-state index is 0.0364. The van der Waals surface area contributed by atoms with Crippen LogP contribution in [0.5, 0.6) is 17.2 Å². The predicted octanol–water partition coefficient (Wildman–Crippen LogP) is 5.19. The Morgan fingerprint density at radius 2 is 2.00 bits per heavy atom. The largest absolute Gasteiger partial charge is 0.489 e. The molecule has 1 aliphatic carbocycles. The van der Waals surface area contributed by atoms with Gasteiger partial charge in [0.1, 0.15) is 12.4 Å². The van der Waals surface area contributed by atoms with E-state index in [9.17, 15) is 4.79 Å². The van der Waals surface area contributed by atoms with Crippen molar-refractivity contribution in [3.8, 4) is 17.2 Å². The Balaban J connectivity index is 1.24. The van der Waals surface area contributed by atoms with Crippen LogP contribution in [-0.2, 0) is 6.61 Å². The predicted molar refractivity (Wildman–Crippen MR) is 108 cm³/mol. The molecule has 5 nitrogen and oxygen atoms in total. The van der Waals surface area contributed by atoms with Crippen LogP contribution in [0.15, 0.2) is 53.9 Å². The molecule has 0 bridgehead atoms. The zero-order chi connectivity index (χ0) is 18.9. The van der Waals surface area contributed by atoms with Crippen molar-refractivity contribution in [3.63, 3.8) is 0 Å². The van der Waals surface area contributed by atoms with Crippen LogP contribution in [0.4, 0.5) is 5.69 Å². The third-order valence-corrected chi connectivity index (χ3v) is 5.78. The zero-order valence-corrected chi connectivity index (χ0v) is 16.0. The number of nitrogens with one attached hydrogen (secondary N) is 1. The lowest BCUT2D eigenvalue weighted by Crippen LogP contribution is -2.12. The van der Waals surface area contributed by atoms with Gasteiger partial charge in [-0.2, -0.15) is 0 Å². The molecular weight excluding hydrogens is 374 g/mol. The highest BCUT2D eigenvalue weighted by Crippen LogP contribution is 2.43. The highest BCUT2D eigenvalue weighted by atomic mass is 32.1. The molecule has 28 heavy (non-hydrogen) atoms. The monoisotopic (exact) mass is 393 g/mol. The van der Waals surface area contributed by atoms with Crippen molar-refractivity contribution in [2.45, 2.75) is 25.4 Å². The van der Waals surface area contributed by atoms with Crippen LogP contribution in [-0.4, -0.2) is 12.7 Å². The van der Waals surface area contributed by atoms with Crippen molar-refractivity contribution < 1.29 is 19.0 Å². The van der Waals surface area contributed by atoms with Crippen LogP contribution in [0.3, 0.4) is 0 Å². The first kappa shape index (κ1) is 17.1. The standard InChI is InChI=1S/C22H19NO4S/c24-22(21-18(8-9-28-21)15-4-5-15)23-16-3-1-2-14(10-16)12-25-17-6-7-19-20(11-17)27-13-26-19/h1-3,6-11,15H,4-5,12-13H2,(H,23,24). The molecule has 2 aliphatic rings. The third kappa shape index (κ3) is 3.55. The van der Waals surface area contributed by atoms with E-state index in [1.54, 1.807) is 0 Å². The molecule has 0 spiro atoms. The quantitative estimate of drug-likeness (QED) is 0.626. The molecule has 0 radical (unpaired) electrons. The second kappa shape index (κ2) is 7.20. The molecule has 0 unspecified atom stereocenters. The summed E-state index contributed by atoms with van der Waals surface area (Å²) in [6.45, 7) is 0.642. The summed E-state index contributed by atoms with van der Waals surface area (Å²) < 4.78 is 16.5. The van der Waals surface area contributed by atoms with E-state index in [0.717, 1.165) is 21.9 Å². The Kier molecular flexibility index (Phi) is 4.41. The van der Waals surface area contributed by atoms with Crippen LogP contribution in [0, 0.1) is 0 Å². The van der Waals surface area contributed by atoms with Gasteiger partial charge in [-0.15, -0.1) is 11.3 Å². The highest BCUT2D eigenvalue weighted by Gasteiger charge is 2.28. The van der Waals surface area contributed by atoms with E-state index >= 15 is 0 Å². The summed E-state index contributed by atoms with van der Waals surface area (Å²) in [5.41, 5.74) is 2.93. The van der Waals surface area contributed by atoms with E-state index in [0.29, 0.717) is 24.0 Å². The number of carbonyl (C=O) groups excluding carboxylic acids is 1. The van der Waals surface area contributed by atoms with Crippen molar-refractivity contribution in [2.24, 2.45) is 0 Å². The first-order valence-electron chi connectivity index (χ1n) is 9.26. The fourth-order valence-electron chi connectivity index (χ4n) is 3.28. The average molecular weight is 393 g/mol. The van der Waals surface area contributed by atoms with Crippen LogP contribution in [0.25, 0.3) is 0 Å². The van der Waals surface area contributed by atoms with Gasteiger partial charge in [-0.1, -0.05) is 12.1 Å². The molecule has 5 rings (SSSR count). The van der Waals surface area contributed by atoms with Crippen LogP contribution in [0.2, 0.25) is 0 Å². The number of rotatable bonds is 6. The third-order valence-electron chi connectivity index (χ3n) is 4.85. The van der Waals surface area contributed by atoms with Gasteiger partial charge >= 0.3 is 0 Å². The summed E-state index contributed by atoms with van der Waals surface area (Å²) in [5, 5.41) is 5.02. The number of benzene rings is 2. The summed E-state index contributed by atoms with van der Waals surface area (Å²) in [7, 11) is 0. The summed E-state index contributed by atoms with van der Waals surface area (Å²) in [6.07, 6.45) is 2.37. The molecule has 2 aromatic carbocycles. The molecule has 0 saturated heterocycles. The molecular formula is C22H19NO4S. The van der Waals surface area contributed by atoms with Crippen molar-refractivity contribution >= 4 is 22.9 Å². The van der Waals surface area contributed by atoms with Gasteiger partial charge in [0.2, 0.25) is 6.79 Å². The second-order valence-corrected chi connectivity index (χ2v) is 7.85. The van der Waals surface area contributed by atoms with Crippen molar-refractivity contribution in [1.29, 1.82) is 0 Å². The van der Waals surface area contributed by atoms with Gasteiger partial charge < -0.3 is 19.5 Å². The summed E-state index contributed by atoms with van der Waals surface area (Å²) in [4.78, 5) is 13.5. The zero-order valence-electron chi connectivity index (χ0n) is 15.1. The number of carbonyl (C=O) groups is 1. The summed E-state index contributed by atoms with van der Waals surface area (Å²) in [5.74, 6) is 2.67. The fraction of sp³-hybridized carbons (Fsp3) is 0.227. The molecule has 1 aromatic heterocycles. The lowest BCUT2D eigenvalue weighted by molar-refractivity contribution is 0.102. The minimum Gasteiger partial charge on any atom is -0.489 e. The normalized spacial score (nSPS) is 14.7. The summed E-state index contributed by atoms with van der Waals surface area (Å²) >= 11 is 1.51. The van der Waals surface area contributed by atoms with E-state index in [2.05, 4.69) is 11.4 Å². The molecule has 1 fully saturated rings. The Labute approximate surface area is 166 Å². The fourth-order valence-corrected chi connectivity index (χ4v) is 4.16. The van der Waals surface area contributed by atoms with E-state index < -0.39 is 0 Å². The van der Waals surface area contributed by atoms with Crippen LogP contribution in [0.1, 0.15) is 39.6 Å². The van der Waals surface area contributed by atoms with E-state index in [1.165, 1.54) is 29.7 Å². The maximum absolute atomic E-state index is 12.7. The smallest absolute Gasteiger partial charge is 0.266 e. The Hall–Kier alpha value is -2.99. The number of amides is 1. The van der Waals surface area contributed by atoms with E-state index in [-0.39, 0.29) is 12.7 Å². The first-order chi connectivity index (χ1) is 13.8. The van der Waals surface area contributed by atoms with Crippen LogP contribution < -0.4 is 19.5 Å². The maximum atomic E-state index is 12.7. The number of anilines is 1. The first-order valence-corrected chi connectivity index (χ1v) is 10.1. The molecule has 1 N–H and O–H groups in total. The Bertz CT molecular complexity index is 1020. The molecule has 3 aromatic rings. The van der Waals surface area contributed by atoms with Crippen molar-refractivity contribution in [1.82, 2.24) is 0 Å². The number of ether oxygens (including phenoxy) is 3. The number of fused-ring (bicyclic) bond motifs is 1. The average Bonchev–Trinajstić information content (AvgIpc) is 3.25. The van der Waals surface area contributed by atoms with Gasteiger partial charge in [0.25, 0.3) is 5.91 Å². The lowest BCUT2D eigenvalue weighted by atomic mass is 10.1. The molecule has 2 heterocycles. The van der Waals surface area contributed by atoms with Gasteiger partial charge in [-0.3, -0.25) is 4.79 Å². The van der Waals surface area contributed by atoms with E-state index in [4.69, 9.17) is 14.2 Å². The SMILES string of the molecule is O=C(Nc1cccc(COc2ccc3c(c2)OCO3)c1)c1sccc1C1CC1. The molecule has 1 aliphatic heterocycles. The number of hydrogen-bond acceptors (Lipinski definition) is 5. The van der Waals surface area contributed by atoms with Gasteiger partial charge in [0, 0.05) is 11.8 Å². The topological polar surface area (TPSA) is 56.8 Å². The van der Waals surface area contributed by atoms with E-state index in [1.807, 2.05) is 47.8 Å². The van der Waals surface area contributed by atoms with Crippen LogP contribution >= 0.6 is 11.3 Å². The Morgan fingerprint density at radius 3 is 2.89 bits per heavy atom. The summed E-state index contributed by atoms with van der Waals surface area (Å²) in [6, 6.07) is 15.3. The number of thiophene rings is 1. The number of hydrogen-bond donors (Lipinski definition) is 1. The van der Waals surface area contributed by atoms with Gasteiger partial charge in [0.05, 0.1) is 4.88 Å². The Morgan fingerprint density at radius 1 is 1.11 bits per heavy atom. The maximum Gasteiger partial charge on any atom is 0.266 e. The molecule has 142 valence electrons. The molecule has 1 amide bonds. The highest BCUT2D eigenvalue weighted by molar-refractivity contribution is 7.12. The van der Waals surface area contributed by atoms with Gasteiger partial charge in [0.15, 0.2) is 11.5 Å². The molecule has 0 atom stereocenters. The molecule has 1 saturated carbocycles. The lowest BCUT2D eigenvalue weighted by Gasteiger charge is -2.10. The van der Waals surface area contributed by atoms with Crippen molar-refractivity contribution in [3.05, 3.63) is 69.9 Å². The second-order valence-electron chi connectivity index (χ2n) is 6.94. The van der Waals surface area contributed by atoms with Crippen molar-refractivity contribution in [2.75, 3.05) is 12.1 Å². The minimum atomic E-state index is -0.0364.